The third kappa shape index (κ3) is 7.17. The molecule has 0 N–H and O–H groups in total. The number of carbonyl (C=O) groups excluding carboxylic acids is 2. The van der Waals surface area contributed by atoms with Gasteiger partial charge in [-0.3, -0.25) is 0 Å². The van der Waals surface area contributed by atoms with Gasteiger partial charge in [-0.05, 0) is 73.0 Å². The molecule has 0 saturated carbocycles. The number of hydrogen-bond acceptors (Lipinski definition) is 7. The van der Waals surface area contributed by atoms with E-state index in [-0.39, 0.29) is 6.61 Å². The number of aromatic nitrogens is 1. The Morgan fingerprint density at radius 1 is 0.912 bits per heavy atom. The first-order valence-corrected chi connectivity index (χ1v) is 13.0. The molecule has 4 aromatic rings. The van der Waals surface area contributed by atoms with Crippen LogP contribution in [0.2, 0.25) is 0 Å². The van der Waals surface area contributed by atoms with E-state index in [0.29, 0.717) is 11.3 Å². The van der Waals surface area contributed by atoms with E-state index in [2.05, 4.69) is 35.3 Å². The van der Waals surface area contributed by atoms with Crippen LogP contribution in [0.5, 0.6) is 5.75 Å². The molecule has 0 bridgehead atoms. The van der Waals surface area contributed by atoms with Gasteiger partial charge in [0, 0.05) is 4.90 Å². The fraction of sp³-hybridized carbons (Fsp3) is 0.222. The Labute approximate surface area is 207 Å². The Morgan fingerprint density at radius 2 is 1.74 bits per heavy atom. The summed E-state index contributed by atoms with van der Waals surface area (Å²) >= 11 is 3.24. The summed E-state index contributed by atoms with van der Waals surface area (Å²) in [6, 6.07) is 23.2. The first-order valence-electron chi connectivity index (χ1n) is 11.2. The Balaban J connectivity index is 1.13. The van der Waals surface area contributed by atoms with Gasteiger partial charge in [0.1, 0.15) is 5.75 Å². The van der Waals surface area contributed by atoms with Crippen LogP contribution in [0.3, 0.4) is 0 Å². The second kappa shape index (κ2) is 12.3. The number of carbonyl (C=O) groups is 2. The molecule has 7 heteroatoms. The van der Waals surface area contributed by atoms with E-state index in [4.69, 9.17) is 9.47 Å². The van der Waals surface area contributed by atoms with Gasteiger partial charge in [-0.2, -0.15) is 0 Å². The summed E-state index contributed by atoms with van der Waals surface area (Å²) in [5.74, 6) is 0.196. The zero-order valence-corrected chi connectivity index (χ0v) is 20.3. The fourth-order valence-corrected chi connectivity index (χ4v) is 5.02. The molecule has 3 aromatic carbocycles. The van der Waals surface area contributed by atoms with E-state index in [1.54, 1.807) is 23.7 Å². The van der Waals surface area contributed by atoms with Gasteiger partial charge in [0.2, 0.25) is 0 Å². The number of nitrogens with zero attached hydrogens (tertiary/aromatic N) is 1. The molecule has 34 heavy (non-hydrogen) atoms. The molecule has 0 fully saturated rings. The molecule has 174 valence electrons. The number of benzene rings is 3. The van der Waals surface area contributed by atoms with Gasteiger partial charge in [0.15, 0.2) is 6.61 Å². The maximum absolute atomic E-state index is 12.2. The topological polar surface area (TPSA) is 65.5 Å². The Hall–Kier alpha value is -3.16. The minimum atomic E-state index is -0.733. The maximum Gasteiger partial charge on any atom is 0.352 e. The molecule has 0 aliphatic rings. The van der Waals surface area contributed by atoms with Crippen molar-refractivity contribution in [1.29, 1.82) is 0 Å². The molecule has 1 aromatic heterocycles. The van der Waals surface area contributed by atoms with Crippen LogP contribution in [-0.2, 0) is 16.0 Å². The smallest absolute Gasteiger partial charge is 0.352 e. The van der Waals surface area contributed by atoms with Crippen LogP contribution in [0.25, 0.3) is 10.2 Å². The highest BCUT2D eigenvalue weighted by Gasteiger charge is 2.14. The zero-order chi connectivity index (χ0) is 23.6. The third-order valence-electron chi connectivity index (χ3n) is 5.18. The van der Waals surface area contributed by atoms with Crippen molar-refractivity contribution >= 4 is 45.3 Å². The molecule has 0 unspecified atom stereocenters. The fourth-order valence-electron chi connectivity index (χ4n) is 3.39. The van der Waals surface area contributed by atoms with Gasteiger partial charge in [-0.15, -0.1) is 23.1 Å². The standard InChI is InChI=1S/C27H25NO4S2/c29-26(32-27(30)21-10-15-24-25(17-21)34-19-28-24)18-31-22-11-13-23(14-12-22)33-16-6-2-5-9-20-7-3-1-4-8-20/h1,3-4,7-8,10-15,17,19H,2,5-6,9,16,18H2. The molecular weight excluding hydrogens is 466 g/mol. The monoisotopic (exact) mass is 491 g/mol. The number of esters is 2. The molecule has 0 spiro atoms. The number of unbranched alkanes of at least 4 members (excludes halogenated alkanes) is 2. The highest BCUT2D eigenvalue weighted by atomic mass is 32.2. The van der Waals surface area contributed by atoms with Gasteiger partial charge in [0.05, 0.1) is 21.3 Å². The summed E-state index contributed by atoms with van der Waals surface area (Å²) in [7, 11) is 0. The summed E-state index contributed by atoms with van der Waals surface area (Å²) in [5, 5.41) is 0. The third-order valence-corrected chi connectivity index (χ3v) is 7.07. The van der Waals surface area contributed by atoms with Gasteiger partial charge in [-0.25, -0.2) is 14.6 Å². The summed E-state index contributed by atoms with van der Waals surface area (Å²) in [4.78, 5) is 29.5. The van der Waals surface area contributed by atoms with Crippen LogP contribution in [0.4, 0.5) is 0 Å². The number of hydrogen-bond donors (Lipinski definition) is 0. The number of thiazole rings is 1. The first-order chi connectivity index (χ1) is 16.7. The molecule has 5 nitrogen and oxygen atoms in total. The first kappa shape index (κ1) is 24.0. The number of aryl methyl sites for hydroxylation is 1. The van der Waals surface area contributed by atoms with Crippen molar-refractivity contribution in [2.24, 2.45) is 0 Å². The Bertz CT molecular complexity index is 1220. The van der Waals surface area contributed by atoms with Crippen LogP contribution in [0.15, 0.2) is 83.2 Å². The lowest BCUT2D eigenvalue weighted by molar-refractivity contribution is -0.140. The van der Waals surface area contributed by atoms with Gasteiger partial charge in [0.25, 0.3) is 0 Å². The summed E-state index contributed by atoms with van der Waals surface area (Å²) < 4.78 is 11.2. The van der Waals surface area contributed by atoms with Crippen molar-refractivity contribution in [2.75, 3.05) is 12.4 Å². The maximum atomic E-state index is 12.2. The highest BCUT2D eigenvalue weighted by molar-refractivity contribution is 7.99. The zero-order valence-electron chi connectivity index (χ0n) is 18.6. The van der Waals surface area contributed by atoms with Crippen LogP contribution in [0.1, 0.15) is 35.2 Å². The van der Waals surface area contributed by atoms with E-state index in [1.165, 1.54) is 36.2 Å². The van der Waals surface area contributed by atoms with Crippen molar-refractivity contribution in [3.8, 4) is 5.75 Å². The van der Waals surface area contributed by atoms with Gasteiger partial charge >= 0.3 is 11.9 Å². The molecule has 0 aliphatic heterocycles. The predicted molar refractivity (Wildman–Crippen MR) is 137 cm³/mol. The van der Waals surface area contributed by atoms with Crippen LogP contribution in [0, 0.1) is 0 Å². The molecule has 0 aliphatic carbocycles. The van der Waals surface area contributed by atoms with Gasteiger partial charge < -0.3 is 9.47 Å². The highest BCUT2D eigenvalue weighted by Crippen LogP contribution is 2.23. The molecule has 1 heterocycles. The molecule has 4 rings (SSSR count). The van der Waals surface area contributed by atoms with E-state index in [0.717, 1.165) is 27.3 Å². The van der Waals surface area contributed by atoms with Gasteiger partial charge in [-0.1, -0.05) is 36.8 Å². The summed E-state index contributed by atoms with van der Waals surface area (Å²) in [6.45, 7) is -0.331. The average molecular weight is 492 g/mol. The SMILES string of the molecule is O=C(COc1ccc(SCCCCCc2ccccc2)cc1)OC(=O)c1ccc2ncsc2c1. The molecule has 0 radical (unpaired) electrons. The van der Waals surface area contributed by atoms with Crippen molar-refractivity contribution in [3.63, 3.8) is 0 Å². The summed E-state index contributed by atoms with van der Waals surface area (Å²) in [5.41, 5.74) is 4.22. The molecular formula is C27H25NO4S2. The molecule has 0 amide bonds. The number of thioether (sulfide) groups is 1. The number of rotatable bonds is 11. The van der Waals surface area contributed by atoms with E-state index >= 15 is 0 Å². The van der Waals surface area contributed by atoms with Crippen molar-refractivity contribution in [1.82, 2.24) is 4.98 Å². The second-order valence-corrected chi connectivity index (χ2v) is 9.76. The Kier molecular flexibility index (Phi) is 8.71. The lowest BCUT2D eigenvalue weighted by Gasteiger charge is -2.07. The minimum absolute atomic E-state index is 0.312. The normalized spacial score (nSPS) is 10.8. The van der Waals surface area contributed by atoms with E-state index < -0.39 is 11.9 Å². The van der Waals surface area contributed by atoms with E-state index in [1.807, 2.05) is 36.0 Å². The Morgan fingerprint density at radius 3 is 2.56 bits per heavy atom. The lowest BCUT2D eigenvalue weighted by atomic mass is 10.1. The number of ether oxygens (including phenoxy) is 2. The van der Waals surface area contributed by atoms with Crippen LogP contribution >= 0.6 is 23.1 Å². The quantitative estimate of drug-likeness (QED) is 0.102. The van der Waals surface area contributed by atoms with Crippen LogP contribution in [-0.4, -0.2) is 29.3 Å². The summed E-state index contributed by atoms with van der Waals surface area (Å²) in [6.07, 6.45) is 4.72. The lowest BCUT2D eigenvalue weighted by Crippen LogP contribution is -2.19. The van der Waals surface area contributed by atoms with Crippen molar-refractivity contribution < 1.29 is 19.1 Å². The average Bonchev–Trinajstić information content (AvgIpc) is 3.34. The minimum Gasteiger partial charge on any atom is -0.482 e. The van der Waals surface area contributed by atoms with E-state index in [9.17, 15) is 9.59 Å². The molecule has 0 saturated heterocycles. The van der Waals surface area contributed by atoms with Crippen molar-refractivity contribution in [3.05, 3.63) is 89.4 Å². The number of fused-ring (bicyclic) bond motifs is 1. The molecule has 0 atom stereocenters. The van der Waals surface area contributed by atoms with Crippen LogP contribution < -0.4 is 4.74 Å². The second-order valence-electron chi connectivity index (χ2n) is 7.70. The largest absolute Gasteiger partial charge is 0.482 e. The van der Waals surface area contributed by atoms with Crippen molar-refractivity contribution in [2.45, 2.75) is 30.6 Å². The predicted octanol–water partition coefficient (Wildman–Crippen LogP) is 6.56.